The third-order valence-electron chi connectivity index (χ3n) is 1.76. The van der Waals surface area contributed by atoms with Crippen LogP contribution in [-0.2, 0) is 6.42 Å². The summed E-state index contributed by atoms with van der Waals surface area (Å²) >= 11 is 1.54. The van der Waals surface area contributed by atoms with Crippen LogP contribution < -0.4 is 5.73 Å². The number of hydrogen-bond acceptors (Lipinski definition) is 3. The number of anilines is 1. The van der Waals surface area contributed by atoms with Crippen molar-refractivity contribution in [2.24, 2.45) is 5.92 Å². The van der Waals surface area contributed by atoms with Crippen LogP contribution >= 0.6 is 11.3 Å². The predicted octanol–water partition coefficient (Wildman–Crippen LogP) is 1.68. The van der Waals surface area contributed by atoms with Gasteiger partial charge >= 0.3 is 0 Å². The lowest BCUT2D eigenvalue weighted by molar-refractivity contribution is 0.812. The number of hydrogen-bond donors (Lipinski definition) is 1. The van der Waals surface area contributed by atoms with Gasteiger partial charge in [-0.25, -0.2) is 4.98 Å². The molecular weight excluding hydrogens is 144 g/mol. The van der Waals surface area contributed by atoms with Gasteiger partial charge in [-0.2, -0.15) is 0 Å². The SMILES string of the molecule is Nc1nc(CC2CC2)cs1. The van der Waals surface area contributed by atoms with Crippen LogP contribution in [0.3, 0.4) is 0 Å². The molecule has 10 heavy (non-hydrogen) atoms. The summed E-state index contributed by atoms with van der Waals surface area (Å²) in [6.45, 7) is 0. The largest absolute Gasteiger partial charge is 0.375 e. The standard InChI is InChI=1S/C7H10N2S/c8-7-9-6(4-10-7)3-5-1-2-5/h4-5H,1-3H2,(H2,8,9). The summed E-state index contributed by atoms with van der Waals surface area (Å²) in [5, 5.41) is 2.77. The molecule has 0 saturated heterocycles. The maximum absolute atomic E-state index is 5.48. The lowest BCUT2D eigenvalue weighted by atomic mass is 10.2. The summed E-state index contributed by atoms with van der Waals surface area (Å²) in [6, 6.07) is 0. The molecule has 1 aromatic heterocycles. The van der Waals surface area contributed by atoms with E-state index in [0.717, 1.165) is 12.3 Å². The van der Waals surface area contributed by atoms with Crippen LogP contribution in [0, 0.1) is 5.92 Å². The molecular formula is C7H10N2S. The van der Waals surface area contributed by atoms with Gasteiger partial charge in [0.15, 0.2) is 5.13 Å². The van der Waals surface area contributed by atoms with Gasteiger partial charge in [-0.3, -0.25) is 0 Å². The van der Waals surface area contributed by atoms with Gasteiger partial charge in [-0.1, -0.05) is 0 Å². The highest BCUT2D eigenvalue weighted by Gasteiger charge is 2.22. The Labute approximate surface area is 64.1 Å². The summed E-state index contributed by atoms with van der Waals surface area (Å²) in [4.78, 5) is 4.19. The van der Waals surface area contributed by atoms with E-state index in [9.17, 15) is 0 Å². The second kappa shape index (κ2) is 2.23. The fraction of sp³-hybridized carbons (Fsp3) is 0.571. The molecule has 2 N–H and O–H groups in total. The fourth-order valence-corrected chi connectivity index (χ4v) is 1.61. The molecule has 0 bridgehead atoms. The average Bonchev–Trinajstić information content (AvgIpc) is 2.59. The monoisotopic (exact) mass is 154 g/mol. The van der Waals surface area contributed by atoms with Crippen molar-refractivity contribution in [3.8, 4) is 0 Å². The van der Waals surface area contributed by atoms with E-state index in [0.29, 0.717) is 5.13 Å². The zero-order chi connectivity index (χ0) is 6.97. The van der Waals surface area contributed by atoms with Crippen LogP contribution in [0.25, 0.3) is 0 Å². The van der Waals surface area contributed by atoms with Crippen molar-refractivity contribution in [1.29, 1.82) is 0 Å². The molecule has 3 heteroatoms. The van der Waals surface area contributed by atoms with Crippen molar-refractivity contribution in [1.82, 2.24) is 4.98 Å². The summed E-state index contributed by atoms with van der Waals surface area (Å²) in [5.41, 5.74) is 6.67. The highest BCUT2D eigenvalue weighted by Crippen LogP contribution is 2.32. The number of aromatic nitrogens is 1. The zero-order valence-electron chi connectivity index (χ0n) is 5.71. The lowest BCUT2D eigenvalue weighted by Gasteiger charge is -1.88. The first-order valence-corrected chi connectivity index (χ1v) is 4.42. The minimum Gasteiger partial charge on any atom is -0.375 e. The van der Waals surface area contributed by atoms with Gasteiger partial charge < -0.3 is 5.73 Å². The van der Waals surface area contributed by atoms with Crippen molar-refractivity contribution >= 4 is 16.5 Å². The van der Waals surface area contributed by atoms with E-state index >= 15 is 0 Å². The number of nitrogens with two attached hydrogens (primary N) is 1. The van der Waals surface area contributed by atoms with Gasteiger partial charge in [0.1, 0.15) is 0 Å². The highest BCUT2D eigenvalue weighted by molar-refractivity contribution is 7.13. The molecule has 1 aromatic rings. The minimum absolute atomic E-state index is 0.704. The first-order valence-electron chi connectivity index (χ1n) is 3.54. The number of nitrogens with zero attached hydrogens (tertiary/aromatic N) is 1. The van der Waals surface area contributed by atoms with Crippen LogP contribution in [-0.4, -0.2) is 4.98 Å². The first kappa shape index (κ1) is 6.16. The molecule has 0 aliphatic heterocycles. The van der Waals surface area contributed by atoms with Gasteiger partial charge in [0.2, 0.25) is 0 Å². The maximum Gasteiger partial charge on any atom is 0.180 e. The normalized spacial score (nSPS) is 17.6. The molecule has 0 atom stereocenters. The van der Waals surface area contributed by atoms with Gasteiger partial charge in [0, 0.05) is 5.38 Å². The molecule has 54 valence electrons. The Morgan fingerprint density at radius 3 is 3.00 bits per heavy atom. The molecule has 1 fully saturated rings. The molecule has 0 amide bonds. The van der Waals surface area contributed by atoms with Crippen LogP contribution in [0.4, 0.5) is 5.13 Å². The first-order chi connectivity index (χ1) is 4.84. The van der Waals surface area contributed by atoms with Gasteiger partial charge in [-0.15, -0.1) is 11.3 Å². The number of nitrogen functional groups attached to an aromatic ring is 1. The minimum atomic E-state index is 0.704. The zero-order valence-corrected chi connectivity index (χ0v) is 6.53. The summed E-state index contributed by atoms with van der Waals surface area (Å²) < 4.78 is 0. The molecule has 0 spiro atoms. The smallest absolute Gasteiger partial charge is 0.180 e. The predicted molar refractivity (Wildman–Crippen MR) is 43.0 cm³/mol. The molecule has 0 unspecified atom stereocenters. The van der Waals surface area contributed by atoms with E-state index in [1.54, 1.807) is 11.3 Å². The Hall–Kier alpha value is -0.570. The number of rotatable bonds is 2. The Morgan fingerprint density at radius 1 is 1.70 bits per heavy atom. The highest BCUT2D eigenvalue weighted by atomic mass is 32.1. The quantitative estimate of drug-likeness (QED) is 0.703. The summed E-state index contributed by atoms with van der Waals surface area (Å²) in [6.07, 6.45) is 3.92. The third-order valence-corrected chi connectivity index (χ3v) is 2.49. The Morgan fingerprint density at radius 2 is 2.50 bits per heavy atom. The third kappa shape index (κ3) is 1.29. The lowest BCUT2D eigenvalue weighted by Crippen LogP contribution is -1.88. The molecule has 0 aromatic carbocycles. The van der Waals surface area contributed by atoms with Crippen molar-refractivity contribution in [2.75, 3.05) is 5.73 Å². The molecule has 1 saturated carbocycles. The topological polar surface area (TPSA) is 38.9 Å². The summed E-state index contributed by atoms with van der Waals surface area (Å²) in [7, 11) is 0. The average molecular weight is 154 g/mol. The second-order valence-electron chi connectivity index (χ2n) is 2.82. The Kier molecular flexibility index (Phi) is 1.38. The molecule has 1 aliphatic carbocycles. The summed E-state index contributed by atoms with van der Waals surface area (Å²) in [5.74, 6) is 0.918. The van der Waals surface area contributed by atoms with Crippen LogP contribution in [0.2, 0.25) is 0 Å². The van der Waals surface area contributed by atoms with E-state index in [4.69, 9.17) is 5.73 Å². The Bertz CT molecular complexity index is 227. The van der Waals surface area contributed by atoms with E-state index in [-0.39, 0.29) is 0 Å². The maximum atomic E-state index is 5.48. The van der Waals surface area contributed by atoms with Crippen molar-refractivity contribution < 1.29 is 0 Å². The molecule has 1 aliphatic rings. The Balaban J connectivity index is 2.03. The van der Waals surface area contributed by atoms with Crippen molar-refractivity contribution in [2.45, 2.75) is 19.3 Å². The van der Waals surface area contributed by atoms with E-state index in [1.807, 2.05) is 0 Å². The van der Waals surface area contributed by atoms with E-state index < -0.39 is 0 Å². The van der Waals surface area contributed by atoms with Crippen LogP contribution in [0.15, 0.2) is 5.38 Å². The molecule has 2 rings (SSSR count). The molecule has 0 radical (unpaired) electrons. The van der Waals surface area contributed by atoms with Crippen LogP contribution in [0.1, 0.15) is 18.5 Å². The van der Waals surface area contributed by atoms with Crippen molar-refractivity contribution in [3.63, 3.8) is 0 Å². The van der Waals surface area contributed by atoms with Gasteiger partial charge in [0.25, 0.3) is 0 Å². The molecule has 2 nitrogen and oxygen atoms in total. The second-order valence-corrected chi connectivity index (χ2v) is 3.71. The van der Waals surface area contributed by atoms with E-state index in [2.05, 4.69) is 10.4 Å². The van der Waals surface area contributed by atoms with E-state index in [1.165, 1.54) is 18.5 Å². The number of thiazole rings is 1. The van der Waals surface area contributed by atoms with Crippen LogP contribution in [0.5, 0.6) is 0 Å². The van der Waals surface area contributed by atoms with Gasteiger partial charge in [-0.05, 0) is 25.2 Å². The molecule has 1 heterocycles. The van der Waals surface area contributed by atoms with Crippen molar-refractivity contribution in [3.05, 3.63) is 11.1 Å². The fourth-order valence-electron chi connectivity index (χ4n) is 1.03. The van der Waals surface area contributed by atoms with Gasteiger partial charge in [0.05, 0.1) is 5.69 Å².